The van der Waals surface area contributed by atoms with Gasteiger partial charge in [-0.2, -0.15) is 0 Å². The van der Waals surface area contributed by atoms with Crippen LogP contribution in [0.15, 0.2) is 24.3 Å². The van der Waals surface area contributed by atoms with Crippen LogP contribution in [0.25, 0.3) is 0 Å². The molecule has 0 aliphatic carbocycles. The highest BCUT2D eigenvalue weighted by Gasteiger charge is 2.30. The molecule has 0 bridgehead atoms. The van der Waals surface area contributed by atoms with Gasteiger partial charge in [0.15, 0.2) is 11.5 Å². The van der Waals surface area contributed by atoms with Gasteiger partial charge in [0.2, 0.25) is 0 Å². The van der Waals surface area contributed by atoms with Crippen molar-refractivity contribution in [2.75, 3.05) is 26.9 Å². The predicted molar refractivity (Wildman–Crippen MR) is 77.4 cm³/mol. The molecule has 0 aromatic heterocycles. The molecule has 2 heterocycles. The molecule has 1 N–H and O–H groups in total. The Morgan fingerprint density at radius 1 is 1.20 bits per heavy atom. The second-order valence-corrected chi connectivity index (χ2v) is 5.60. The molecular weight excluding hydrogens is 254 g/mol. The van der Waals surface area contributed by atoms with Crippen LogP contribution in [0.4, 0.5) is 0 Å². The normalized spacial score (nSPS) is 24.4. The molecule has 110 valence electrons. The summed E-state index contributed by atoms with van der Waals surface area (Å²) in [7, 11) is 2.01. The molecule has 1 aromatic carbocycles. The van der Waals surface area contributed by atoms with Crippen molar-refractivity contribution in [3.8, 4) is 11.5 Å². The minimum absolute atomic E-state index is 0.0812. The third kappa shape index (κ3) is 3.07. The van der Waals surface area contributed by atoms with Crippen LogP contribution >= 0.6 is 0 Å². The van der Waals surface area contributed by atoms with Gasteiger partial charge in [-0.3, -0.25) is 0 Å². The number of hydrogen-bond donors (Lipinski definition) is 1. The van der Waals surface area contributed by atoms with Crippen LogP contribution in [0, 0.1) is 5.92 Å². The summed E-state index contributed by atoms with van der Waals surface area (Å²) in [5.74, 6) is 2.43. The average molecular weight is 277 g/mol. The van der Waals surface area contributed by atoms with Crippen LogP contribution in [0.1, 0.15) is 19.3 Å². The number of para-hydroxylation sites is 2. The second-order valence-electron chi connectivity index (χ2n) is 5.60. The largest absolute Gasteiger partial charge is 0.486 e. The highest BCUT2D eigenvalue weighted by atomic mass is 16.6. The van der Waals surface area contributed by atoms with Crippen LogP contribution in [0.5, 0.6) is 11.5 Å². The van der Waals surface area contributed by atoms with Crippen LogP contribution < -0.4 is 14.8 Å². The summed E-state index contributed by atoms with van der Waals surface area (Å²) in [5, 5.41) is 3.40. The summed E-state index contributed by atoms with van der Waals surface area (Å²) in [4.78, 5) is 0. The second kappa shape index (κ2) is 6.46. The quantitative estimate of drug-likeness (QED) is 0.916. The lowest BCUT2D eigenvalue weighted by atomic mass is 9.90. The molecule has 1 fully saturated rings. The first-order valence-corrected chi connectivity index (χ1v) is 7.50. The van der Waals surface area contributed by atoms with E-state index in [1.807, 2.05) is 31.3 Å². The maximum atomic E-state index is 6.11. The summed E-state index contributed by atoms with van der Waals surface area (Å²) in [6, 6.07) is 8.21. The summed E-state index contributed by atoms with van der Waals surface area (Å²) < 4.78 is 17.4. The van der Waals surface area contributed by atoms with Crippen LogP contribution in [0.3, 0.4) is 0 Å². The van der Waals surface area contributed by atoms with Gasteiger partial charge < -0.3 is 19.5 Å². The van der Waals surface area contributed by atoms with Crippen molar-refractivity contribution >= 4 is 0 Å². The van der Waals surface area contributed by atoms with E-state index in [0.717, 1.165) is 49.9 Å². The molecule has 4 nitrogen and oxygen atoms in total. The zero-order chi connectivity index (χ0) is 13.8. The lowest BCUT2D eigenvalue weighted by molar-refractivity contribution is 0.0331. The van der Waals surface area contributed by atoms with E-state index in [1.54, 1.807) is 0 Å². The highest BCUT2D eigenvalue weighted by Crippen LogP contribution is 2.33. The zero-order valence-electron chi connectivity index (χ0n) is 12.0. The van der Waals surface area contributed by atoms with Gasteiger partial charge >= 0.3 is 0 Å². The number of fused-ring (bicyclic) bond motifs is 1. The Morgan fingerprint density at radius 3 is 2.70 bits per heavy atom. The van der Waals surface area contributed by atoms with Gasteiger partial charge in [-0.25, -0.2) is 0 Å². The fourth-order valence-corrected chi connectivity index (χ4v) is 3.03. The summed E-state index contributed by atoms with van der Waals surface area (Å²) in [6.07, 6.45) is 3.51. The van der Waals surface area contributed by atoms with Gasteiger partial charge in [-0.05, 0) is 44.4 Å². The maximum absolute atomic E-state index is 6.11. The molecule has 2 atom stereocenters. The molecule has 0 amide bonds. The fourth-order valence-electron chi connectivity index (χ4n) is 3.03. The molecule has 0 radical (unpaired) electrons. The molecule has 3 rings (SSSR count). The van der Waals surface area contributed by atoms with Crippen molar-refractivity contribution in [2.24, 2.45) is 5.92 Å². The Labute approximate surface area is 120 Å². The molecule has 0 saturated carbocycles. The van der Waals surface area contributed by atoms with Crippen molar-refractivity contribution in [1.82, 2.24) is 5.32 Å². The van der Waals surface area contributed by atoms with E-state index in [4.69, 9.17) is 14.2 Å². The summed E-state index contributed by atoms with van der Waals surface area (Å²) in [5.41, 5.74) is 0. The predicted octanol–water partition coefficient (Wildman–Crippen LogP) is 2.23. The van der Waals surface area contributed by atoms with Crippen molar-refractivity contribution in [1.29, 1.82) is 0 Å². The number of likely N-dealkylation sites (N-methyl/N-ethyl adjacent to an activating group) is 1. The zero-order valence-corrected chi connectivity index (χ0v) is 12.0. The van der Waals surface area contributed by atoms with E-state index in [2.05, 4.69) is 5.32 Å². The van der Waals surface area contributed by atoms with Gasteiger partial charge in [-0.15, -0.1) is 0 Å². The fraction of sp³-hybridized carbons (Fsp3) is 0.625. The Balaban J connectivity index is 1.62. The van der Waals surface area contributed by atoms with Gasteiger partial charge in [-0.1, -0.05) is 12.1 Å². The van der Waals surface area contributed by atoms with Gasteiger partial charge in [0.25, 0.3) is 0 Å². The van der Waals surface area contributed by atoms with Crippen molar-refractivity contribution in [2.45, 2.75) is 31.4 Å². The molecule has 2 aliphatic rings. The molecule has 0 spiro atoms. The van der Waals surface area contributed by atoms with E-state index in [-0.39, 0.29) is 6.10 Å². The number of benzene rings is 1. The van der Waals surface area contributed by atoms with Crippen molar-refractivity contribution < 1.29 is 14.2 Å². The maximum Gasteiger partial charge on any atom is 0.161 e. The third-order valence-electron chi connectivity index (χ3n) is 4.28. The first-order valence-electron chi connectivity index (χ1n) is 7.50. The Bertz CT molecular complexity index is 431. The third-order valence-corrected chi connectivity index (χ3v) is 4.28. The number of hydrogen-bond acceptors (Lipinski definition) is 4. The Hall–Kier alpha value is -1.26. The molecule has 2 unspecified atom stereocenters. The molecule has 20 heavy (non-hydrogen) atoms. The molecule has 1 saturated heterocycles. The van der Waals surface area contributed by atoms with E-state index in [1.165, 1.54) is 0 Å². The summed E-state index contributed by atoms with van der Waals surface area (Å²) in [6.45, 7) is 2.41. The summed E-state index contributed by atoms with van der Waals surface area (Å²) >= 11 is 0. The van der Waals surface area contributed by atoms with Crippen LogP contribution in [-0.4, -0.2) is 39.0 Å². The van der Waals surface area contributed by atoms with E-state index in [0.29, 0.717) is 12.6 Å². The lowest BCUT2D eigenvalue weighted by Gasteiger charge is -2.34. The standard InChI is InChI=1S/C16H23NO3/c1-17-13(10-12-6-8-18-9-7-12)16-11-19-14-4-2-3-5-15(14)20-16/h2-5,12-13,16-17H,6-11H2,1H3. The van der Waals surface area contributed by atoms with E-state index < -0.39 is 0 Å². The average Bonchev–Trinajstić information content (AvgIpc) is 2.53. The topological polar surface area (TPSA) is 39.7 Å². The monoisotopic (exact) mass is 277 g/mol. The highest BCUT2D eigenvalue weighted by molar-refractivity contribution is 5.40. The number of ether oxygens (including phenoxy) is 3. The molecule has 2 aliphatic heterocycles. The van der Waals surface area contributed by atoms with E-state index >= 15 is 0 Å². The van der Waals surface area contributed by atoms with Gasteiger partial charge in [0, 0.05) is 19.3 Å². The van der Waals surface area contributed by atoms with Gasteiger partial charge in [0.05, 0.1) is 0 Å². The number of rotatable bonds is 4. The van der Waals surface area contributed by atoms with Crippen LogP contribution in [0.2, 0.25) is 0 Å². The smallest absolute Gasteiger partial charge is 0.161 e. The first kappa shape index (κ1) is 13.7. The molecular formula is C16H23NO3. The minimum atomic E-state index is 0.0812. The minimum Gasteiger partial charge on any atom is -0.486 e. The van der Waals surface area contributed by atoms with Gasteiger partial charge in [0.1, 0.15) is 12.7 Å². The van der Waals surface area contributed by atoms with Crippen molar-refractivity contribution in [3.05, 3.63) is 24.3 Å². The van der Waals surface area contributed by atoms with Crippen molar-refractivity contribution in [3.63, 3.8) is 0 Å². The lowest BCUT2D eigenvalue weighted by Crippen LogP contribution is -2.47. The number of nitrogens with one attached hydrogen (secondary N) is 1. The molecule has 4 heteroatoms. The van der Waals surface area contributed by atoms with Crippen LogP contribution in [-0.2, 0) is 4.74 Å². The Morgan fingerprint density at radius 2 is 1.95 bits per heavy atom. The van der Waals surface area contributed by atoms with E-state index in [9.17, 15) is 0 Å². The molecule has 1 aromatic rings. The SMILES string of the molecule is CNC(CC1CCOCC1)C1COc2ccccc2O1. The Kier molecular flexibility index (Phi) is 4.43. The first-order chi connectivity index (χ1) is 9.86.